The number of methoxy groups -OCH3 is 1. The van der Waals surface area contributed by atoms with Gasteiger partial charge in [0.1, 0.15) is 5.60 Å². The van der Waals surface area contributed by atoms with Crippen molar-refractivity contribution in [3.8, 4) is 0 Å². The molecule has 0 bridgehead atoms. The molecular weight excluding hydrogens is 280 g/mol. The average molecular weight is 316 g/mol. The maximum atomic E-state index is 11.9. The van der Waals surface area contributed by atoms with Crippen LogP contribution in [0, 0.1) is 11.8 Å². The number of rotatable bonds is 9. The van der Waals surface area contributed by atoms with Gasteiger partial charge in [0.2, 0.25) is 0 Å². The Labute approximate surface area is 136 Å². The highest BCUT2D eigenvalue weighted by Gasteiger charge is 2.27. The van der Waals surface area contributed by atoms with Crippen LogP contribution in [-0.4, -0.2) is 44.0 Å². The number of nitrogens with one attached hydrogen (secondary N) is 2. The van der Waals surface area contributed by atoms with E-state index < -0.39 is 5.60 Å². The maximum absolute atomic E-state index is 11.9. The van der Waals surface area contributed by atoms with E-state index in [0.29, 0.717) is 18.4 Å². The zero-order valence-electron chi connectivity index (χ0n) is 15.7. The molecular formula is C17H36N2O3. The zero-order valence-corrected chi connectivity index (χ0v) is 15.7. The van der Waals surface area contributed by atoms with Gasteiger partial charge in [-0.3, -0.25) is 0 Å². The Morgan fingerprint density at radius 3 is 2.18 bits per heavy atom. The summed E-state index contributed by atoms with van der Waals surface area (Å²) in [6.45, 7) is 16.4. The SMILES string of the molecule is COCC(C)CNC(C)(CNC(=O)OC(C)(C)C)CC(C)C. The Morgan fingerprint density at radius 2 is 1.73 bits per heavy atom. The number of alkyl carbamates (subject to hydrolysis) is 1. The van der Waals surface area contributed by atoms with Gasteiger partial charge in [-0.05, 0) is 46.0 Å². The predicted molar refractivity (Wildman–Crippen MR) is 91.1 cm³/mol. The first-order valence-electron chi connectivity index (χ1n) is 8.18. The minimum absolute atomic E-state index is 0.160. The molecule has 132 valence electrons. The summed E-state index contributed by atoms with van der Waals surface area (Å²) in [6, 6.07) is 0. The van der Waals surface area contributed by atoms with Crippen LogP contribution in [0.2, 0.25) is 0 Å². The highest BCUT2D eigenvalue weighted by molar-refractivity contribution is 5.67. The third kappa shape index (κ3) is 10.9. The molecule has 5 nitrogen and oxygen atoms in total. The van der Waals surface area contributed by atoms with Gasteiger partial charge in [-0.1, -0.05) is 20.8 Å². The van der Waals surface area contributed by atoms with Crippen LogP contribution in [0.3, 0.4) is 0 Å². The molecule has 0 aromatic heterocycles. The van der Waals surface area contributed by atoms with E-state index in [4.69, 9.17) is 9.47 Å². The molecule has 0 aromatic rings. The van der Waals surface area contributed by atoms with E-state index in [1.165, 1.54) is 0 Å². The molecule has 2 N–H and O–H groups in total. The largest absolute Gasteiger partial charge is 0.444 e. The van der Waals surface area contributed by atoms with E-state index in [1.54, 1.807) is 7.11 Å². The Hall–Kier alpha value is -0.810. The van der Waals surface area contributed by atoms with Crippen LogP contribution >= 0.6 is 0 Å². The van der Waals surface area contributed by atoms with Crippen LogP contribution in [0.15, 0.2) is 0 Å². The Balaban J connectivity index is 4.51. The molecule has 0 fully saturated rings. The second kappa shape index (κ2) is 9.36. The summed E-state index contributed by atoms with van der Waals surface area (Å²) in [5, 5.41) is 6.47. The van der Waals surface area contributed by atoms with Crippen molar-refractivity contribution < 1.29 is 14.3 Å². The number of ether oxygens (including phenoxy) is 2. The van der Waals surface area contributed by atoms with Crippen molar-refractivity contribution in [2.75, 3.05) is 26.8 Å². The van der Waals surface area contributed by atoms with Crippen molar-refractivity contribution in [3.63, 3.8) is 0 Å². The van der Waals surface area contributed by atoms with Gasteiger partial charge in [0, 0.05) is 32.3 Å². The summed E-state index contributed by atoms with van der Waals surface area (Å²) in [6.07, 6.45) is 0.608. The summed E-state index contributed by atoms with van der Waals surface area (Å²) in [5.41, 5.74) is -0.633. The zero-order chi connectivity index (χ0) is 17.4. The first-order valence-corrected chi connectivity index (χ1v) is 8.18. The van der Waals surface area contributed by atoms with Crippen LogP contribution in [0.1, 0.15) is 54.9 Å². The van der Waals surface area contributed by atoms with Gasteiger partial charge in [0.15, 0.2) is 0 Å². The molecule has 5 heteroatoms. The van der Waals surface area contributed by atoms with Gasteiger partial charge in [0.25, 0.3) is 0 Å². The van der Waals surface area contributed by atoms with E-state index in [0.717, 1.165) is 19.6 Å². The third-order valence-corrected chi connectivity index (χ3v) is 3.21. The number of hydrogen-bond donors (Lipinski definition) is 2. The monoisotopic (exact) mass is 316 g/mol. The lowest BCUT2D eigenvalue weighted by Gasteiger charge is -2.34. The van der Waals surface area contributed by atoms with Crippen molar-refractivity contribution in [1.29, 1.82) is 0 Å². The van der Waals surface area contributed by atoms with E-state index in [2.05, 4.69) is 38.3 Å². The van der Waals surface area contributed by atoms with Crippen LogP contribution in [0.25, 0.3) is 0 Å². The van der Waals surface area contributed by atoms with E-state index >= 15 is 0 Å². The van der Waals surface area contributed by atoms with E-state index in [9.17, 15) is 4.79 Å². The molecule has 0 aliphatic rings. The fraction of sp³-hybridized carbons (Fsp3) is 0.941. The summed E-state index contributed by atoms with van der Waals surface area (Å²) < 4.78 is 10.5. The van der Waals surface area contributed by atoms with Gasteiger partial charge in [-0.2, -0.15) is 0 Å². The van der Waals surface area contributed by atoms with Gasteiger partial charge in [-0.15, -0.1) is 0 Å². The molecule has 0 saturated heterocycles. The fourth-order valence-electron chi connectivity index (χ4n) is 2.45. The molecule has 0 rings (SSSR count). The lowest BCUT2D eigenvalue weighted by Crippen LogP contribution is -2.53. The summed E-state index contributed by atoms with van der Waals surface area (Å²) in [4.78, 5) is 11.9. The first kappa shape index (κ1) is 21.2. The van der Waals surface area contributed by atoms with Gasteiger partial charge in [-0.25, -0.2) is 4.79 Å². The van der Waals surface area contributed by atoms with Crippen molar-refractivity contribution >= 4 is 6.09 Å². The van der Waals surface area contributed by atoms with Crippen molar-refractivity contribution in [2.45, 2.75) is 66.0 Å². The minimum Gasteiger partial charge on any atom is -0.444 e. The normalized spacial score (nSPS) is 16.2. The number of hydrogen-bond acceptors (Lipinski definition) is 4. The summed E-state index contributed by atoms with van der Waals surface area (Å²) >= 11 is 0. The molecule has 2 atom stereocenters. The maximum Gasteiger partial charge on any atom is 0.407 e. The van der Waals surface area contributed by atoms with E-state index in [-0.39, 0.29) is 11.6 Å². The van der Waals surface area contributed by atoms with Crippen molar-refractivity contribution in [3.05, 3.63) is 0 Å². The molecule has 1 amide bonds. The molecule has 22 heavy (non-hydrogen) atoms. The van der Waals surface area contributed by atoms with Crippen molar-refractivity contribution in [2.24, 2.45) is 11.8 Å². The number of carbonyl (C=O) groups is 1. The molecule has 0 aliphatic heterocycles. The topological polar surface area (TPSA) is 59.6 Å². The van der Waals surface area contributed by atoms with Crippen LogP contribution in [-0.2, 0) is 9.47 Å². The summed E-state index contributed by atoms with van der Waals surface area (Å²) in [7, 11) is 1.72. The molecule has 0 heterocycles. The number of amides is 1. The van der Waals surface area contributed by atoms with Crippen LogP contribution in [0.4, 0.5) is 4.79 Å². The molecule has 0 aliphatic carbocycles. The molecule has 2 unspecified atom stereocenters. The lowest BCUT2D eigenvalue weighted by molar-refractivity contribution is 0.0506. The Bertz CT molecular complexity index is 326. The standard InChI is InChI=1S/C17H36N2O3/c1-13(2)9-17(7,19-10-14(3)11-21-8)12-18-15(20)22-16(4,5)6/h13-14,19H,9-12H2,1-8H3,(H,18,20). The van der Waals surface area contributed by atoms with E-state index in [1.807, 2.05) is 20.8 Å². The molecule has 0 aromatic carbocycles. The fourth-order valence-corrected chi connectivity index (χ4v) is 2.45. The predicted octanol–water partition coefficient (Wildman–Crippen LogP) is 3.19. The van der Waals surface area contributed by atoms with Gasteiger partial charge >= 0.3 is 6.09 Å². The molecule has 0 spiro atoms. The molecule has 0 radical (unpaired) electrons. The van der Waals surface area contributed by atoms with Crippen molar-refractivity contribution in [1.82, 2.24) is 10.6 Å². The van der Waals surface area contributed by atoms with Crippen LogP contribution < -0.4 is 10.6 Å². The smallest absolute Gasteiger partial charge is 0.407 e. The minimum atomic E-state index is -0.473. The quantitative estimate of drug-likeness (QED) is 0.686. The second-order valence-corrected chi connectivity index (χ2v) is 7.96. The lowest BCUT2D eigenvalue weighted by atomic mass is 9.90. The Kier molecular flexibility index (Phi) is 9.01. The summed E-state index contributed by atoms with van der Waals surface area (Å²) in [5.74, 6) is 0.966. The second-order valence-electron chi connectivity index (χ2n) is 7.96. The average Bonchev–Trinajstić information content (AvgIpc) is 2.32. The first-order chi connectivity index (χ1) is 9.97. The van der Waals surface area contributed by atoms with Gasteiger partial charge < -0.3 is 20.1 Å². The molecule has 0 saturated carbocycles. The highest BCUT2D eigenvalue weighted by atomic mass is 16.6. The third-order valence-electron chi connectivity index (χ3n) is 3.21. The Morgan fingerprint density at radius 1 is 1.14 bits per heavy atom. The number of carbonyl (C=O) groups excluding carboxylic acids is 1. The van der Waals surface area contributed by atoms with Gasteiger partial charge in [0.05, 0.1) is 0 Å². The van der Waals surface area contributed by atoms with Crippen LogP contribution in [0.5, 0.6) is 0 Å². The highest BCUT2D eigenvalue weighted by Crippen LogP contribution is 2.17.